The molecule has 1 aliphatic heterocycles. The van der Waals surface area contributed by atoms with Crippen LogP contribution in [0.3, 0.4) is 0 Å². The predicted molar refractivity (Wildman–Crippen MR) is 92.7 cm³/mol. The van der Waals surface area contributed by atoms with E-state index in [1.807, 2.05) is 23.3 Å². The molecule has 3 rings (SSSR count). The van der Waals surface area contributed by atoms with E-state index in [-0.39, 0.29) is 17.7 Å². The van der Waals surface area contributed by atoms with E-state index in [4.69, 9.17) is 0 Å². The zero-order valence-electron chi connectivity index (χ0n) is 14.8. The van der Waals surface area contributed by atoms with Gasteiger partial charge in [0.25, 0.3) is 5.91 Å². The van der Waals surface area contributed by atoms with Crippen LogP contribution < -0.4 is 5.32 Å². The van der Waals surface area contributed by atoms with Gasteiger partial charge in [0.2, 0.25) is 5.91 Å². The number of aromatic nitrogens is 4. The van der Waals surface area contributed by atoms with Crippen LogP contribution in [0.4, 0.5) is 5.82 Å². The summed E-state index contributed by atoms with van der Waals surface area (Å²) in [7, 11) is 1.80. The first-order valence-corrected chi connectivity index (χ1v) is 8.51. The molecule has 0 aromatic carbocycles. The van der Waals surface area contributed by atoms with Crippen molar-refractivity contribution in [3.63, 3.8) is 0 Å². The van der Waals surface area contributed by atoms with Crippen LogP contribution in [0.25, 0.3) is 0 Å². The monoisotopic (exact) mass is 344 g/mol. The number of anilines is 1. The number of nitrogens with zero attached hydrogens (tertiary/aromatic N) is 5. The normalized spacial score (nSPS) is 16.9. The van der Waals surface area contributed by atoms with Gasteiger partial charge < -0.3 is 14.8 Å². The standard InChI is InChI=1S/C17H24N6O2/c1-13(2)15(24)22-9-5-17(6-10-22,23-11-7-18-12-23)16(25)19-14-4-8-21(3)20-14/h4,7-8,11-13H,5-6,9-10H2,1-3H3,(H,19,20,25). The van der Waals surface area contributed by atoms with Crippen molar-refractivity contribution in [3.8, 4) is 0 Å². The van der Waals surface area contributed by atoms with E-state index in [9.17, 15) is 9.59 Å². The van der Waals surface area contributed by atoms with Crippen molar-refractivity contribution in [3.05, 3.63) is 31.0 Å². The molecule has 0 atom stereocenters. The van der Waals surface area contributed by atoms with Crippen LogP contribution in [0.2, 0.25) is 0 Å². The Morgan fingerprint density at radius 2 is 1.96 bits per heavy atom. The fraction of sp³-hybridized carbons (Fsp3) is 0.529. The zero-order valence-corrected chi connectivity index (χ0v) is 14.8. The van der Waals surface area contributed by atoms with Crippen LogP contribution in [0, 0.1) is 5.92 Å². The molecule has 0 radical (unpaired) electrons. The number of hydrogen-bond acceptors (Lipinski definition) is 4. The number of imidazole rings is 1. The summed E-state index contributed by atoms with van der Waals surface area (Å²) >= 11 is 0. The second-order valence-electron chi connectivity index (χ2n) is 6.81. The fourth-order valence-electron chi connectivity index (χ4n) is 3.29. The molecule has 8 nitrogen and oxygen atoms in total. The van der Waals surface area contributed by atoms with Gasteiger partial charge in [-0.3, -0.25) is 14.3 Å². The van der Waals surface area contributed by atoms with E-state index in [1.54, 1.807) is 42.7 Å². The highest BCUT2D eigenvalue weighted by atomic mass is 16.2. The third kappa shape index (κ3) is 3.29. The molecule has 1 N–H and O–H groups in total. The molecule has 2 aromatic heterocycles. The molecule has 1 aliphatic rings. The maximum Gasteiger partial charge on any atom is 0.251 e. The molecule has 1 saturated heterocycles. The summed E-state index contributed by atoms with van der Waals surface area (Å²) in [5.74, 6) is 0.487. The molecule has 134 valence electrons. The summed E-state index contributed by atoms with van der Waals surface area (Å²) in [6.45, 7) is 4.89. The van der Waals surface area contributed by atoms with Crippen LogP contribution in [0.5, 0.6) is 0 Å². The summed E-state index contributed by atoms with van der Waals surface area (Å²) in [5.41, 5.74) is -0.762. The lowest BCUT2D eigenvalue weighted by molar-refractivity contribution is -0.139. The van der Waals surface area contributed by atoms with Crippen LogP contribution in [0.1, 0.15) is 26.7 Å². The maximum atomic E-state index is 13.1. The molecule has 1 fully saturated rings. The number of aryl methyl sites for hydroxylation is 1. The summed E-state index contributed by atoms with van der Waals surface area (Å²) in [5, 5.41) is 7.13. The summed E-state index contributed by atoms with van der Waals surface area (Å²) in [6.07, 6.45) is 8.00. The van der Waals surface area contributed by atoms with Gasteiger partial charge >= 0.3 is 0 Å². The SMILES string of the molecule is CC(C)C(=O)N1CCC(C(=O)Nc2ccn(C)n2)(n2ccnc2)CC1. The van der Waals surface area contributed by atoms with Gasteiger partial charge in [-0.2, -0.15) is 5.10 Å². The Bertz CT molecular complexity index is 741. The lowest BCUT2D eigenvalue weighted by Crippen LogP contribution is -2.54. The molecule has 0 bridgehead atoms. The first kappa shape index (κ1) is 17.2. The van der Waals surface area contributed by atoms with Crippen LogP contribution in [-0.2, 0) is 22.2 Å². The van der Waals surface area contributed by atoms with Gasteiger partial charge in [0.15, 0.2) is 5.82 Å². The zero-order chi connectivity index (χ0) is 18.0. The molecular formula is C17H24N6O2. The summed E-state index contributed by atoms with van der Waals surface area (Å²) < 4.78 is 3.49. The molecule has 2 amide bonds. The second kappa shape index (κ2) is 6.70. The molecule has 0 saturated carbocycles. The lowest BCUT2D eigenvalue weighted by Gasteiger charge is -2.41. The number of rotatable bonds is 4. The third-order valence-electron chi connectivity index (χ3n) is 4.77. The Hall–Kier alpha value is -2.64. The highest BCUT2D eigenvalue weighted by Gasteiger charge is 2.44. The van der Waals surface area contributed by atoms with E-state index in [1.165, 1.54) is 0 Å². The quantitative estimate of drug-likeness (QED) is 0.904. The highest BCUT2D eigenvalue weighted by molar-refractivity contribution is 5.96. The number of carbonyl (C=O) groups excluding carboxylic acids is 2. The van der Waals surface area contributed by atoms with Gasteiger partial charge in [-0.15, -0.1) is 0 Å². The Morgan fingerprint density at radius 1 is 1.24 bits per heavy atom. The number of amides is 2. The lowest BCUT2D eigenvalue weighted by atomic mass is 9.85. The van der Waals surface area contributed by atoms with E-state index < -0.39 is 5.54 Å². The molecule has 2 aromatic rings. The van der Waals surface area contributed by atoms with Gasteiger partial charge in [-0.1, -0.05) is 13.8 Å². The largest absolute Gasteiger partial charge is 0.342 e. The average Bonchev–Trinajstić information content (AvgIpc) is 3.26. The topological polar surface area (TPSA) is 85.0 Å². The molecule has 0 unspecified atom stereocenters. The predicted octanol–water partition coefficient (Wildman–Crippen LogP) is 1.23. The van der Waals surface area contributed by atoms with Crippen molar-refractivity contribution in [1.82, 2.24) is 24.2 Å². The van der Waals surface area contributed by atoms with Crippen molar-refractivity contribution < 1.29 is 9.59 Å². The Labute approximate surface area is 146 Å². The minimum atomic E-state index is -0.762. The maximum absolute atomic E-state index is 13.1. The Morgan fingerprint density at radius 3 is 2.48 bits per heavy atom. The van der Waals surface area contributed by atoms with Crippen molar-refractivity contribution >= 4 is 17.6 Å². The molecule has 25 heavy (non-hydrogen) atoms. The van der Waals surface area contributed by atoms with Gasteiger partial charge in [0.1, 0.15) is 5.54 Å². The Balaban J connectivity index is 1.81. The number of likely N-dealkylation sites (tertiary alicyclic amines) is 1. The molecule has 0 spiro atoms. The molecule has 3 heterocycles. The highest BCUT2D eigenvalue weighted by Crippen LogP contribution is 2.32. The number of carbonyl (C=O) groups is 2. The third-order valence-corrected chi connectivity index (χ3v) is 4.77. The van der Waals surface area contributed by atoms with Crippen molar-refractivity contribution in [1.29, 1.82) is 0 Å². The van der Waals surface area contributed by atoms with Gasteiger partial charge in [0, 0.05) is 50.7 Å². The molecule has 0 aliphatic carbocycles. The van der Waals surface area contributed by atoms with Crippen LogP contribution in [-0.4, -0.2) is 49.1 Å². The summed E-state index contributed by atoms with van der Waals surface area (Å²) in [6, 6.07) is 1.76. The average molecular weight is 344 g/mol. The molecular weight excluding hydrogens is 320 g/mol. The van der Waals surface area contributed by atoms with Gasteiger partial charge in [-0.25, -0.2) is 4.98 Å². The van der Waals surface area contributed by atoms with E-state index in [0.29, 0.717) is 31.7 Å². The van der Waals surface area contributed by atoms with E-state index in [2.05, 4.69) is 15.4 Å². The molecule has 8 heteroatoms. The number of hydrogen-bond donors (Lipinski definition) is 1. The van der Waals surface area contributed by atoms with E-state index in [0.717, 1.165) is 0 Å². The van der Waals surface area contributed by atoms with Gasteiger partial charge in [-0.05, 0) is 12.8 Å². The first-order chi connectivity index (χ1) is 11.9. The number of piperidine rings is 1. The minimum absolute atomic E-state index is 0.0388. The van der Waals surface area contributed by atoms with E-state index >= 15 is 0 Å². The Kier molecular flexibility index (Phi) is 4.61. The van der Waals surface area contributed by atoms with Crippen LogP contribution in [0.15, 0.2) is 31.0 Å². The second-order valence-corrected chi connectivity index (χ2v) is 6.81. The fourth-order valence-corrected chi connectivity index (χ4v) is 3.29. The van der Waals surface area contributed by atoms with Crippen molar-refractivity contribution in [2.24, 2.45) is 13.0 Å². The smallest absolute Gasteiger partial charge is 0.251 e. The first-order valence-electron chi connectivity index (χ1n) is 8.51. The van der Waals surface area contributed by atoms with Crippen molar-refractivity contribution in [2.45, 2.75) is 32.2 Å². The van der Waals surface area contributed by atoms with Gasteiger partial charge in [0.05, 0.1) is 6.33 Å². The van der Waals surface area contributed by atoms with Crippen molar-refractivity contribution in [2.75, 3.05) is 18.4 Å². The minimum Gasteiger partial charge on any atom is -0.342 e. The van der Waals surface area contributed by atoms with Crippen LogP contribution >= 0.6 is 0 Å². The summed E-state index contributed by atoms with van der Waals surface area (Å²) in [4.78, 5) is 31.3. The number of nitrogens with one attached hydrogen (secondary N) is 1.